The molecule has 0 saturated heterocycles. The van der Waals surface area contributed by atoms with Crippen molar-refractivity contribution in [3.05, 3.63) is 76.9 Å². The number of benzene rings is 2. The molecule has 7 nitrogen and oxygen atoms in total. The Bertz CT molecular complexity index is 1550. The molecule has 2 aromatic carbocycles. The van der Waals surface area contributed by atoms with Crippen LogP contribution in [0.15, 0.2) is 48.8 Å². The second-order valence-electron chi connectivity index (χ2n) is 8.63. The van der Waals surface area contributed by atoms with Gasteiger partial charge in [-0.05, 0) is 59.5 Å². The maximum Gasteiger partial charge on any atom is 0.416 e. The zero-order valence-corrected chi connectivity index (χ0v) is 20.9. The average molecular weight is 546 g/mol. The number of aromatic nitrogens is 4. The number of hydrogen-bond donors (Lipinski definition) is 0. The number of pyridine rings is 1. The van der Waals surface area contributed by atoms with Crippen molar-refractivity contribution in [3.63, 3.8) is 0 Å². The van der Waals surface area contributed by atoms with E-state index in [4.69, 9.17) is 16.3 Å². The smallest absolute Gasteiger partial charge is 0.416 e. The van der Waals surface area contributed by atoms with Crippen molar-refractivity contribution in [3.8, 4) is 28.4 Å². The fourth-order valence-electron chi connectivity index (χ4n) is 4.47. The number of ether oxygens (including phenoxy) is 1. The minimum atomic E-state index is -4.67. The number of nitrogens with zero attached hydrogens (tertiary/aromatic N) is 5. The van der Waals surface area contributed by atoms with Crippen LogP contribution in [0.4, 0.5) is 23.4 Å². The van der Waals surface area contributed by atoms with Gasteiger partial charge >= 0.3 is 6.18 Å². The highest BCUT2D eigenvalue weighted by atomic mass is 35.5. The van der Waals surface area contributed by atoms with Gasteiger partial charge in [-0.1, -0.05) is 6.07 Å². The molecule has 12 heteroatoms. The number of hydrogen-bond acceptors (Lipinski definition) is 5. The summed E-state index contributed by atoms with van der Waals surface area (Å²) in [5, 5.41) is 7.94. The standard InChI is InChI=1S/C26H20ClF4N5O2/c1-3-38-23-9-15(17-5-4-16(28)10-18(17)24-34-32-13-35(24)2)8-22(33-23)36-12-20-19(25(36)37)6-14(11-27)7-21(20)26(29,30)31/h4-10,13H,3,11-12H2,1-2H3. The van der Waals surface area contributed by atoms with Crippen LogP contribution in [0.5, 0.6) is 5.88 Å². The van der Waals surface area contributed by atoms with Crippen LogP contribution in [0.2, 0.25) is 0 Å². The van der Waals surface area contributed by atoms with Gasteiger partial charge in [0.2, 0.25) is 5.88 Å². The molecule has 1 amide bonds. The molecule has 4 aromatic rings. The maximum absolute atomic E-state index is 14.3. The van der Waals surface area contributed by atoms with Crippen LogP contribution >= 0.6 is 11.6 Å². The van der Waals surface area contributed by atoms with Crippen molar-refractivity contribution < 1.29 is 27.1 Å². The zero-order valence-electron chi connectivity index (χ0n) is 20.2. The van der Waals surface area contributed by atoms with E-state index in [0.717, 1.165) is 11.0 Å². The minimum Gasteiger partial charge on any atom is -0.478 e. The van der Waals surface area contributed by atoms with E-state index < -0.39 is 23.5 Å². The molecule has 0 aliphatic carbocycles. The Balaban J connectivity index is 1.65. The quantitative estimate of drug-likeness (QED) is 0.219. The molecule has 196 valence electrons. The van der Waals surface area contributed by atoms with Gasteiger partial charge in [-0.15, -0.1) is 21.8 Å². The van der Waals surface area contributed by atoms with Crippen LogP contribution in [0.1, 0.15) is 34.0 Å². The molecule has 3 heterocycles. The van der Waals surface area contributed by atoms with Crippen molar-refractivity contribution in [2.75, 3.05) is 11.5 Å². The topological polar surface area (TPSA) is 73.1 Å². The maximum atomic E-state index is 14.3. The number of amides is 1. The lowest BCUT2D eigenvalue weighted by Crippen LogP contribution is -2.24. The summed E-state index contributed by atoms with van der Waals surface area (Å²) in [7, 11) is 1.71. The van der Waals surface area contributed by atoms with Crippen molar-refractivity contribution in [1.29, 1.82) is 0 Å². The number of rotatable bonds is 6. The number of aryl methyl sites for hydroxylation is 1. The largest absolute Gasteiger partial charge is 0.478 e. The molecule has 0 unspecified atom stereocenters. The van der Waals surface area contributed by atoms with E-state index >= 15 is 0 Å². The fraction of sp³-hybridized carbons (Fsp3) is 0.231. The minimum absolute atomic E-state index is 0.0813. The molecule has 0 atom stereocenters. The number of anilines is 1. The molecule has 0 spiro atoms. The zero-order chi connectivity index (χ0) is 27.2. The molecule has 0 saturated carbocycles. The lowest BCUT2D eigenvalue weighted by molar-refractivity contribution is -0.138. The summed E-state index contributed by atoms with van der Waals surface area (Å²) in [4.78, 5) is 18.9. The van der Waals surface area contributed by atoms with Crippen LogP contribution in [0.3, 0.4) is 0 Å². The van der Waals surface area contributed by atoms with Gasteiger partial charge in [0, 0.05) is 30.1 Å². The van der Waals surface area contributed by atoms with E-state index in [1.54, 1.807) is 36.7 Å². The first-order chi connectivity index (χ1) is 18.1. The molecule has 1 aliphatic heterocycles. The molecule has 1 aliphatic rings. The molecule has 5 rings (SSSR count). The van der Waals surface area contributed by atoms with Gasteiger partial charge in [0.05, 0.1) is 18.7 Å². The Kier molecular flexibility index (Phi) is 6.56. The number of halogens is 5. The summed E-state index contributed by atoms with van der Waals surface area (Å²) in [5.41, 5.74) is 0.501. The first-order valence-electron chi connectivity index (χ1n) is 11.5. The summed E-state index contributed by atoms with van der Waals surface area (Å²) >= 11 is 5.82. The van der Waals surface area contributed by atoms with E-state index in [1.807, 2.05) is 0 Å². The van der Waals surface area contributed by atoms with Crippen LogP contribution in [-0.2, 0) is 25.6 Å². The number of alkyl halides is 4. The average Bonchev–Trinajstić information content (AvgIpc) is 3.45. The molecular formula is C26H20ClF4N5O2. The van der Waals surface area contributed by atoms with Gasteiger partial charge in [0.1, 0.15) is 18.0 Å². The Morgan fingerprint density at radius 2 is 1.87 bits per heavy atom. The van der Waals surface area contributed by atoms with E-state index in [2.05, 4.69) is 15.2 Å². The molecule has 0 N–H and O–H groups in total. The number of fused-ring (bicyclic) bond motifs is 1. The molecule has 0 radical (unpaired) electrons. The molecule has 2 aromatic heterocycles. The Hall–Kier alpha value is -3.99. The van der Waals surface area contributed by atoms with Gasteiger partial charge in [-0.25, -0.2) is 4.39 Å². The first kappa shape index (κ1) is 25.7. The predicted octanol–water partition coefficient (Wildman–Crippen LogP) is 6.00. The van der Waals surface area contributed by atoms with Crippen LogP contribution in [0, 0.1) is 5.82 Å². The van der Waals surface area contributed by atoms with Gasteiger partial charge in [0.15, 0.2) is 5.82 Å². The second kappa shape index (κ2) is 9.71. The van der Waals surface area contributed by atoms with E-state index in [9.17, 15) is 22.4 Å². The summed E-state index contributed by atoms with van der Waals surface area (Å²) in [6.45, 7) is 1.66. The second-order valence-corrected chi connectivity index (χ2v) is 8.90. The lowest BCUT2D eigenvalue weighted by Gasteiger charge is -2.18. The van der Waals surface area contributed by atoms with Crippen molar-refractivity contribution in [2.45, 2.75) is 25.5 Å². The highest BCUT2D eigenvalue weighted by Gasteiger charge is 2.41. The predicted molar refractivity (Wildman–Crippen MR) is 132 cm³/mol. The van der Waals surface area contributed by atoms with E-state index in [0.29, 0.717) is 22.5 Å². The fourth-order valence-corrected chi connectivity index (χ4v) is 4.62. The number of carbonyl (C=O) groups excluding carboxylic acids is 1. The summed E-state index contributed by atoms with van der Waals surface area (Å²) in [5.74, 6) is -0.691. The molecule has 38 heavy (non-hydrogen) atoms. The van der Waals surface area contributed by atoms with E-state index in [-0.39, 0.29) is 47.4 Å². The van der Waals surface area contributed by atoms with Gasteiger partial charge < -0.3 is 9.30 Å². The molecule has 0 bridgehead atoms. The Labute approximate surface area is 219 Å². The van der Waals surface area contributed by atoms with E-state index in [1.165, 1.54) is 24.5 Å². The Morgan fingerprint density at radius 3 is 2.53 bits per heavy atom. The summed E-state index contributed by atoms with van der Waals surface area (Å²) in [6.07, 6.45) is -3.20. The monoisotopic (exact) mass is 545 g/mol. The first-order valence-corrected chi connectivity index (χ1v) is 12.0. The van der Waals surface area contributed by atoms with Crippen molar-refractivity contribution >= 4 is 23.3 Å². The summed E-state index contributed by atoms with van der Waals surface area (Å²) < 4.78 is 63.1. The molecular weight excluding hydrogens is 526 g/mol. The van der Waals surface area contributed by atoms with Crippen LogP contribution < -0.4 is 9.64 Å². The third kappa shape index (κ3) is 4.58. The normalized spacial score (nSPS) is 13.2. The highest BCUT2D eigenvalue weighted by molar-refractivity contribution is 6.17. The van der Waals surface area contributed by atoms with Gasteiger partial charge in [-0.3, -0.25) is 9.69 Å². The highest BCUT2D eigenvalue weighted by Crippen LogP contribution is 2.41. The van der Waals surface area contributed by atoms with Crippen LogP contribution in [0.25, 0.3) is 22.5 Å². The molecule has 0 fully saturated rings. The number of carbonyl (C=O) groups is 1. The Morgan fingerprint density at radius 1 is 1.08 bits per heavy atom. The summed E-state index contributed by atoms with van der Waals surface area (Å²) in [6, 6.07) is 9.62. The van der Waals surface area contributed by atoms with Crippen molar-refractivity contribution in [2.24, 2.45) is 7.05 Å². The van der Waals surface area contributed by atoms with Gasteiger partial charge in [0.25, 0.3) is 5.91 Å². The van der Waals surface area contributed by atoms with Crippen LogP contribution in [-0.4, -0.2) is 32.3 Å². The lowest BCUT2D eigenvalue weighted by atomic mass is 9.99. The SMILES string of the molecule is CCOc1cc(-c2ccc(F)cc2-c2nncn2C)cc(N2Cc3c(cc(CCl)cc3C(F)(F)F)C2=O)n1. The third-order valence-corrected chi connectivity index (χ3v) is 6.47. The van der Waals surface area contributed by atoms with Crippen molar-refractivity contribution in [1.82, 2.24) is 19.7 Å². The third-order valence-electron chi connectivity index (χ3n) is 6.16. The van der Waals surface area contributed by atoms with Gasteiger partial charge in [-0.2, -0.15) is 18.2 Å².